The quantitative estimate of drug-likeness (QED) is 0.900. The monoisotopic (exact) mass is 357 g/mol. The molecule has 0 aliphatic carbocycles. The van der Waals surface area contributed by atoms with Crippen LogP contribution in [0, 0.1) is 5.82 Å². The second kappa shape index (κ2) is 7.68. The predicted octanol–water partition coefficient (Wildman–Crippen LogP) is 2.70. The highest BCUT2D eigenvalue weighted by Gasteiger charge is 2.39. The Bertz CT molecular complexity index is 586. The van der Waals surface area contributed by atoms with Crippen LogP contribution in [0.5, 0.6) is 5.75 Å². The Morgan fingerprint density at radius 2 is 2.17 bits per heavy atom. The number of carbonyl (C=O) groups excluding carboxylic acids is 1. The second-order valence-corrected chi connectivity index (χ2v) is 6.67. The van der Waals surface area contributed by atoms with Crippen LogP contribution in [0.25, 0.3) is 0 Å². The van der Waals surface area contributed by atoms with E-state index in [1.165, 1.54) is 18.2 Å². The molecule has 3 rings (SSSR count). The minimum atomic E-state index is -0.516. The first-order chi connectivity index (χ1) is 11.6. The number of ether oxygens (including phenoxy) is 3. The molecule has 1 spiro atoms. The van der Waals surface area contributed by atoms with Crippen molar-refractivity contribution in [2.75, 3.05) is 26.4 Å². The van der Waals surface area contributed by atoms with Gasteiger partial charge in [0.15, 0.2) is 6.61 Å². The van der Waals surface area contributed by atoms with E-state index < -0.39 is 5.82 Å². The SMILES string of the molecule is O=C(COc1ccc(F)c(Cl)c1)NC1CCOC2(CCOCC2)C1. The van der Waals surface area contributed by atoms with E-state index in [4.69, 9.17) is 25.8 Å². The number of hydrogen-bond acceptors (Lipinski definition) is 4. The molecule has 0 radical (unpaired) electrons. The van der Waals surface area contributed by atoms with E-state index in [0.717, 1.165) is 25.7 Å². The molecule has 2 fully saturated rings. The molecule has 1 N–H and O–H groups in total. The summed E-state index contributed by atoms with van der Waals surface area (Å²) >= 11 is 5.69. The molecule has 7 heteroatoms. The number of halogens is 2. The smallest absolute Gasteiger partial charge is 0.258 e. The molecule has 1 unspecified atom stereocenters. The molecule has 0 bridgehead atoms. The second-order valence-electron chi connectivity index (χ2n) is 6.27. The molecule has 1 amide bonds. The van der Waals surface area contributed by atoms with Crippen LogP contribution in [-0.2, 0) is 14.3 Å². The lowest BCUT2D eigenvalue weighted by atomic mass is 9.84. The lowest BCUT2D eigenvalue weighted by Crippen LogP contribution is -2.51. The van der Waals surface area contributed by atoms with Crippen molar-refractivity contribution in [1.29, 1.82) is 0 Å². The Morgan fingerprint density at radius 3 is 2.92 bits per heavy atom. The number of benzene rings is 1. The van der Waals surface area contributed by atoms with E-state index in [9.17, 15) is 9.18 Å². The zero-order valence-electron chi connectivity index (χ0n) is 13.4. The highest BCUT2D eigenvalue weighted by molar-refractivity contribution is 6.30. The molecule has 0 saturated carbocycles. The molecular formula is C17H21ClFNO4. The summed E-state index contributed by atoms with van der Waals surface area (Å²) in [5.41, 5.74) is -0.167. The van der Waals surface area contributed by atoms with Gasteiger partial charge >= 0.3 is 0 Å². The molecule has 1 aromatic rings. The van der Waals surface area contributed by atoms with Gasteiger partial charge in [0.1, 0.15) is 11.6 Å². The van der Waals surface area contributed by atoms with Crippen molar-refractivity contribution in [2.45, 2.75) is 37.3 Å². The molecule has 2 heterocycles. The van der Waals surface area contributed by atoms with E-state index in [2.05, 4.69) is 5.32 Å². The Kier molecular flexibility index (Phi) is 5.58. The molecule has 132 valence electrons. The van der Waals surface area contributed by atoms with E-state index in [1.54, 1.807) is 0 Å². The molecular weight excluding hydrogens is 337 g/mol. The molecule has 0 aromatic heterocycles. The summed E-state index contributed by atoms with van der Waals surface area (Å²) < 4.78 is 29.8. The molecule has 24 heavy (non-hydrogen) atoms. The third kappa shape index (κ3) is 4.37. The number of carbonyl (C=O) groups is 1. The Labute approximate surface area is 145 Å². The van der Waals surface area contributed by atoms with Crippen LogP contribution in [0.15, 0.2) is 18.2 Å². The van der Waals surface area contributed by atoms with Crippen LogP contribution < -0.4 is 10.1 Å². The normalized spacial score (nSPS) is 23.0. The van der Waals surface area contributed by atoms with E-state index in [1.807, 2.05) is 0 Å². The summed E-state index contributed by atoms with van der Waals surface area (Å²) in [4.78, 5) is 12.1. The first-order valence-electron chi connectivity index (χ1n) is 8.15. The topological polar surface area (TPSA) is 56.8 Å². The average Bonchev–Trinajstić information content (AvgIpc) is 2.57. The number of amides is 1. The number of rotatable bonds is 4. The van der Waals surface area contributed by atoms with Gasteiger partial charge in [-0.15, -0.1) is 0 Å². The fourth-order valence-electron chi connectivity index (χ4n) is 3.23. The molecule has 2 aliphatic rings. The zero-order valence-corrected chi connectivity index (χ0v) is 14.1. The standard InChI is InChI=1S/C17H21ClFNO4/c18-14-9-13(1-2-15(14)19)23-11-16(21)20-12-3-6-24-17(10-12)4-7-22-8-5-17/h1-2,9,12H,3-8,10-11H2,(H,20,21). The minimum absolute atomic E-state index is 0.0289. The van der Waals surface area contributed by atoms with Crippen molar-refractivity contribution in [1.82, 2.24) is 5.32 Å². The summed E-state index contributed by atoms with van der Waals surface area (Å²) in [6.07, 6.45) is 3.31. The molecule has 1 aromatic carbocycles. The Hall–Kier alpha value is -1.37. The van der Waals surface area contributed by atoms with Crippen molar-refractivity contribution >= 4 is 17.5 Å². The maximum Gasteiger partial charge on any atom is 0.258 e. The van der Waals surface area contributed by atoms with Crippen LogP contribution >= 0.6 is 11.6 Å². The van der Waals surface area contributed by atoms with Gasteiger partial charge in [-0.3, -0.25) is 4.79 Å². The van der Waals surface area contributed by atoms with E-state index >= 15 is 0 Å². The van der Waals surface area contributed by atoms with Crippen LogP contribution in [0.2, 0.25) is 5.02 Å². The first kappa shape index (κ1) is 17.5. The van der Waals surface area contributed by atoms with Gasteiger partial charge in [0.25, 0.3) is 5.91 Å². The van der Waals surface area contributed by atoms with Crippen molar-refractivity contribution in [3.63, 3.8) is 0 Å². The van der Waals surface area contributed by atoms with Crippen LogP contribution in [0.1, 0.15) is 25.7 Å². The largest absolute Gasteiger partial charge is 0.484 e. The van der Waals surface area contributed by atoms with Crippen molar-refractivity contribution in [3.8, 4) is 5.75 Å². The Morgan fingerprint density at radius 1 is 1.38 bits per heavy atom. The van der Waals surface area contributed by atoms with Gasteiger partial charge in [0, 0.05) is 31.9 Å². The summed E-state index contributed by atoms with van der Waals surface area (Å²) in [6.45, 7) is 1.92. The highest BCUT2D eigenvalue weighted by Crippen LogP contribution is 2.34. The third-order valence-corrected chi connectivity index (χ3v) is 4.81. The van der Waals surface area contributed by atoms with Gasteiger partial charge in [-0.25, -0.2) is 4.39 Å². The number of hydrogen-bond donors (Lipinski definition) is 1. The van der Waals surface area contributed by atoms with Gasteiger partial charge in [-0.2, -0.15) is 0 Å². The van der Waals surface area contributed by atoms with Gasteiger partial charge < -0.3 is 19.5 Å². The zero-order chi connectivity index (χ0) is 17.0. The average molecular weight is 358 g/mol. The molecule has 2 saturated heterocycles. The molecule has 2 aliphatic heterocycles. The van der Waals surface area contributed by atoms with Gasteiger partial charge in [0.2, 0.25) is 0 Å². The highest BCUT2D eigenvalue weighted by atomic mass is 35.5. The van der Waals surface area contributed by atoms with Crippen molar-refractivity contribution in [3.05, 3.63) is 29.0 Å². The first-order valence-corrected chi connectivity index (χ1v) is 8.53. The molecule has 5 nitrogen and oxygen atoms in total. The fourth-order valence-corrected chi connectivity index (χ4v) is 3.40. The summed E-state index contributed by atoms with van der Waals surface area (Å²) in [5.74, 6) is -0.355. The van der Waals surface area contributed by atoms with Crippen molar-refractivity contribution in [2.24, 2.45) is 0 Å². The Balaban J connectivity index is 1.48. The van der Waals surface area contributed by atoms with Crippen LogP contribution in [0.4, 0.5) is 4.39 Å². The number of nitrogens with one attached hydrogen (secondary N) is 1. The van der Waals surface area contributed by atoms with Crippen LogP contribution in [0.3, 0.4) is 0 Å². The lowest BCUT2D eigenvalue weighted by Gasteiger charge is -2.43. The van der Waals surface area contributed by atoms with Crippen molar-refractivity contribution < 1.29 is 23.4 Å². The lowest BCUT2D eigenvalue weighted by molar-refractivity contribution is -0.144. The summed E-state index contributed by atoms with van der Waals surface area (Å²) in [5, 5.41) is 2.97. The maximum absolute atomic E-state index is 13.1. The maximum atomic E-state index is 13.1. The third-order valence-electron chi connectivity index (χ3n) is 4.52. The molecule has 1 atom stereocenters. The predicted molar refractivity (Wildman–Crippen MR) is 86.8 cm³/mol. The van der Waals surface area contributed by atoms with E-state index in [-0.39, 0.29) is 29.2 Å². The van der Waals surface area contributed by atoms with E-state index in [0.29, 0.717) is 25.6 Å². The van der Waals surface area contributed by atoms with Gasteiger partial charge in [0.05, 0.1) is 10.6 Å². The summed E-state index contributed by atoms with van der Waals surface area (Å²) in [7, 11) is 0. The summed E-state index contributed by atoms with van der Waals surface area (Å²) in [6, 6.07) is 4.09. The fraction of sp³-hybridized carbons (Fsp3) is 0.588. The van der Waals surface area contributed by atoms with Crippen LogP contribution in [-0.4, -0.2) is 44.0 Å². The van der Waals surface area contributed by atoms with Gasteiger partial charge in [-0.05, 0) is 37.8 Å². The minimum Gasteiger partial charge on any atom is -0.484 e. The van der Waals surface area contributed by atoms with Gasteiger partial charge in [-0.1, -0.05) is 11.6 Å².